The summed E-state index contributed by atoms with van der Waals surface area (Å²) in [6.07, 6.45) is 1.51. The van der Waals surface area contributed by atoms with Gasteiger partial charge in [-0.2, -0.15) is 0 Å². The zero-order chi connectivity index (χ0) is 13.0. The molecule has 4 nitrogen and oxygen atoms in total. The molecule has 1 fully saturated rings. The molecule has 0 aliphatic heterocycles. The minimum Gasteiger partial charge on any atom is -0.497 e. The van der Waals surface area contributed by atoms with E-state index in [1.807, 2.05) is 24.3 Å². The first kappa shape index (κ1) is 12.9. The number of carbonyl (C=O) groups excluding carboxylic acids is 1. The fraction of sp³-hybridized carbons (Fsp3) is 0.500. The molecule has 4 heteroatoms. The normalized spacial score (nSPS) is 21.4. The van der Waals surface area contributed by atoms with Crippen LogP contribution in [0.5, 0.6) is 5.75 Å². The van der Waals surface area contributed by atoms with Crippen molar-refractivity contribution >= 4 is 5.91 Å². The average Bonchev–Trinajstić information content (AvgIpc) is 3.19. The highest BCUT2D eigenvalue weighted by atomic mass is 16.5. The Morgan fingerprint density at radius 3 is 3.11 bits per heavy atom. The summed E-state index contributed by atoms with van der Waals surface area (Å²) in [6.45, 7) is 0.668. The number of aliphatic hydroxyl groups is 1. The van der Waals surface area contributed by atoms with Crippen LogP contribution < -0.4 is 10.1 Å². The molecule has 1 amide bonds. The monoisotopic (exact) mass is 249 g/mol. The van der Waals surface area contributed by atoms with Gasteiger partial charge in [0, 0.05) is 19.1 Å². The number of benzene rings is 1. The predicted molar refractivity (Wildman–Crippen MR) is 68.6 cm³/mol. The lowest BCUT2D eigenvalue weighted by Gasteiger charge is -2.05. The highest BCUT2D eigenvalue weighted by Crippen LogP contribution is 2.48. The van der Waals surface area contributed by atoms with Gasteiger partial charge in [-0.1, -0.05) is 12.1 Å². The summed E-state index contributed by atoms with van der Waals surface area (Å²) in [5, 5.41) is 11.5. The average molecular weight is 249 g/mol. The molecule has 1 aliphatic rings. The second-order valence-electron chi connectivity index (χ2n) is 4.59. The Morgan fingerprint density at radius 1 is 1.56 bits per heavy atom. The van der Waals surface area contributed by atoms with Gasteiger partial charge in [-0.05, 0) is 36.5 Å². The highest BCUT2D eigenvalue weighted by molar-refractivity contribution is 5.82. The second kappa shape index (κ2) is 5.87. The van der Waals surface area contributed by atoms with E-state index in [2.05, 4.69) is 5.32 Å². The maximum atomic E-state index is 11.8. The summed E-state index contributed by atoms with van der Waals surface area (Å²) in [4.78, 5) is 11.8. The molecule has 98 valence electrons. The van der Waals surface area contributed by atoms with Crippen LogP contribution in [-0.2, 0) is 4.79 Å². The van der Waals surface area contributed by atoms with Gasteiger partial charge in [0.25, 0.3) is 0 Å². The van der Waals surface area contributed by atoms with Crippen molar-refractivity contribution in [3.63, 3.8) is 0 Å². The van der Waals surface area contributed by atoms with Crippen LogP contribution in [0, 0.1) is 5.92 Å². The molecule has 0 bridgehead atoms. The SMILES string of the molecule is COc1cccc(C2CC2C(=O)NCCCO)c1. The van der Waals surface area contributed by atoms with E-state index in [1.54, 1.807) is 7.11 Å². The Labute approximate surface area is 107 Å². The largest absolute Gasteiger partial charge is 0.497 e. The van der Waals surface area contributed by atoms with Gasteiger partial charge in [0.2, 0.25) is 5.91 Å². The number of rotatable bonds is 6. The molecule has 2 unspecified atom stereocenters. The Bertz CT molecular complexity index is 419. The number of hydrogen-bond donors (Lipinski definition) is 2. The van der Waals surface area contributed by atoms with Gasteiger partial charge in [0.1, 0.15) is 5.75 Å². The number of carbonyl (C=O) groups is 1. The van der Waals surface area contributed by atoms with Gasteiger partial charge in [-0.25, -0.2) is 0 Å². The maximum Gasteiger partial charge on any atom is 0.223 e. The first-order valence-electron chi connectivity index (χ1n) is 6.28. The van der Waals surface area contributed by atoms with Crippen LogP contribution in [0.4, 0.5) is 0 Å². The van der Waals surface area contributed by atoms with Crippen molar-refractivity contribution < 1.29 is 14.6 Å². The third-order valence-corrected chi connectivity index (χ3v) is 3.28. The van der Waals surface area contributed by atoms with E-state index in [0.717, 1.165) is 17.7 Å². The fourth-order valence-corrected chi connectivity index (χ4v) is 2.15. The molecule has 1 saturated carbocycles. The number of ether oxygens (including phenoxy) is 1. The molecule has 1 aromatic carbocycles. The molecule has 0 radical (unpaired) electrons. The van der Waals surface area contributed by atoms with E-state index in [-0.39, 0.29) is 18.4 Å². The molecule has 0 heterocycles. The second-order valence-corrected chi connectivity index (χ2v) is 4.59. The summed E-state index contributed by atoms with van der Waals surface area (Å²) >= 11 is 0. The smallest absolute Gasteiger partial charge is 0.223 e. The Morgan fingerprint density at radius 2 is 2.39 bits per heavy atom. The topological polar surface area (TPSA) is 58.6 Å². The highest BCUT2D eigenvalue weighted by Gasteiger charge is 2.43. The van der Waals surface area contributed by atoms with Crippen molar-refractivity contribution in [2.45, 2.75) is 18.8 Å². The number of hydrogen-bond acceptors (Lipinski definition) is 3. The van der Waals surface area contributed by atoms with Gasteiger partial charge in [-0.3, -0.25) is 4.79 Å². The molecular weight excluding hydrogens is 230 g/mol. The van der Waals surface area contributed by atoms with Crippen molar-refractivity contribution in [2.24, 2.45) is 5.92 Å². The third kappa shape index (κ3) is 3.01. The van der Waals surface area contributed by atoms with Crippen molar-refractivity contribution in [1.82, 2.24) is 5.32 Å². The third-order valence-electron chi connectivity index (χ3n) is 3.28. The van der Waals surface area contributed by atoms with Gasteiger partial charge in [0.05, 0.1) is 7.11 Å². The van der Waals surface area contributed by atoms with Crippen LogP contribution in [0.3, 0.4) is 0 Å². The molecule has 1 aliphatic carbocycles. The lowest BCUT2D eigenvalue weighted by molar-refractivity contribution is -0.122. The minimum absolute atomic E-state index is 0.0794. The van der Waals surface area contributed by atoms with E-state index >= 15 is 0 Å². The number of methoxy groups -OCH3 is 1. The summed E-state index contributed by atoms with van der Waals surface area (Å²) in [7, 11) is 1.64. The van der Waals surface area contributed by atoms with Gasteiger partial charge in [0.15, 0.2) is 0 Å². The summed E-state index contributed by atoms with van der Waals surface area (Å²) in [5.41, 5.74) is 1.16. The van der Waals surface area contributed by atoms with E-state index in [1.165, 1.54) is 0 Å². The zero-order valence-corrected chi connectivity index (χ0v) is 10.6. The van der Waals surface area contributed by atoms with Crippen LogP contribution in [0.15, 0.2) is 24.3 Å². The zero-order valence-electron chi connectivity index (χ0n) is 10.6. The quantitative estimate of drug-likeness (QED) is 0.747. The Balaban J connectivity index is 1.88. The minimum atomic E-state index is 0.0794. The van der Waals surface area contributed by atoms with Gasteiger partial charge >= 0.3 is 0 Å². The van der Waals surface area contributed by atoms with Crippen LogP contribution in [0.2, 0.25) is 0 Å². The maximum absolute atomic E-state index is 11.8. The van der Waals surface area contributed by atoms with Crippen molar-refractivity contribution in [1.29, 1.82) is 0 Å². The Kier molecular flexibility index (Phi) is 4.20. The van der Waals surface area contributed by atoms with E-state index in [9.17, 15) is 4.79 Å². The van der Waals surface area contributed by atoms with Crippen LogP contribution in [0.25, 0.3) is 0 Å². The van der Waals surface area contributed by atoms with E-state index in [0.29, 0.717) is 18.9 Å². The van der Waals surface area contributed by atoms with Crippen molar-refractivity contribution in [3.05, 3.63) is 29.8 Å². The van der Waals surface area contributed by atoms with Crippen molar-refractivity contribution in [3.8, 4) is 5.75 Å². The van der Waals surface area contributed by atoms with E-state index < -0.39 is 0 Å². The number of amides is 1. The molecule has 0 aromatic heterocycles. The predicted octanol–water partition coefficient (Wildman–Crippen LogP) is 1.30. The summed E-state index contributed by atoms with van der Waals surface area (Å²) in [5.74, 6) is 1.32. The van der Waals surface area contributed by atoms with Gasteiger partial charge < -0.3 is 15.2 Å². The van der Waals surface area contributed by atoms with Crippen LogP contribution in [0.1, 0.15) is 24.3 Å². The summed E-state index contributed by atoms with van der Waals surface area (Å²) in [6, 6.07) is 7.88. The lowest BCUT2D eigenvalue weighted by atomic mass is 10.1. The fourth-order valence-electron chi connectivity index (χ4n) is 2.15. The van der Waals surface area contributed by atoms with E-state index in [4.69, 9.17) is 9.84 Å². The molecule has 2 atom stereocenters. The molecule has 2 N–H and O–H groups in total. The standard InChI is InChI=1S/C14H19NO3/c1-18-11-5-2-4-10(8-11)12-9-13(12)14(17)15-6-3-7-16/h2,4-5,8,12-13,16H,3,6-7,9H2,1H3,(H,15,17). The molecule has 18 heavy (non-hydrogen) atoms. The molecule has 2 rings (SSSR count). The number of nitrogens with one attached hydrogen (secondary N) is 1. The molecule has 0 spiro atoms. The summed E-state index contributed by atoms with van der Waals surface area (Å²) < 4.78 is 5.18. The Hall–Kier alpha value is -1.55. The molecule has 1 aromatic rings. The molecule has 0 saturated heterocycles. The van der Waals surface area contributed by atoms with Crippen molar-refractivity contribution in [2.75, 3.05) is 20.3 Å². The van der Waals surface area contributed by atoms with Crippen LogP contribution in [-0.4, -0.2) is 31.3 Å². The van der Waals surface area contributed by atoms with Crippen LogP contribution >= 0.6 is 0 Å². The first-order valence-corrected chi connectivity index (χ1v) is 6.28. The first-order chi connectivity index (χ1) is 8.76. The lowest BCUT2D eigenvalue weighted by Crippen LogP contribution is -2.26. The molecular formula is C14H19NO3. The van der Waals surface area contributed by atoms with Gasteiger partial charge in [-0.15, -0.1) is 0 Å². The number of aliphatic hydroxyl groups excluding tert-OH is 1.